The zero-order valence-electron chi connectivity index (χ0n) is 11.8. The van der Waals surface area contributed by atoms with Crippen LogP contribution in [0.4, 0.5) is 11.4 Å². The van der Waals surface area contributed by atoms with Gasteiger partial charge in [-0.05, 0) is 24.3 Å². The van der Waals surface area contributed by atoms with Crippen molar-refractivity contribution in [3.63, 3.8) is 0 Å². The summed E-state index contributed by atoms with van der Waals surface area (Å²) in [5.41, 5.74) is 0.795. The predicted molar refractivity (Wildman–Crippen MR) is 88.2 cm³/mol. The Bertz CT molecular complexity index is 722. The summed E-state index contributed by atoms with van der Waals surface area (Å²) < 4.78 is 0. The van der Waals surface area contributed by atoms with E-state index in [1.807, 2.05) is 0 Å². The number of hydrogen-bond acceptors (Lipinski definition) is 5. The molecule has 2 rings (SSSR count). The van der Waals surface area contributed by atoms with E-state index in [1.54, 1.807) is 12.1 Å². The lowest BCUT2D eigenvalue weighted by Gasteiger charge is -2.08. The van der Waals surface area contributed by atoms with Gasteiger partial charge in [-0.2, -0.15) is 0 Å². The van der Waals surface area contributed by atoms with Gasteiger partial charge >= 0.3 is 0 Å². The Morgan fingerprint density at radius 1 is 1.13 bits per heavy atom. The van der Waals surface area contributed by atoms with E-state index < -0.39 is 10.8 Å². The molecule has 0 saturated carbocycles. The zero-order chi connectivity index (χ0) is 16.8. The summed E-state index contributed by atoms with van der Waals surface area (Å²) in [7, 11) is 0. The van der Waals surface area contributed by atoms with Gasteiger partial charge in [-0.3, -0.25) is 14.9 Å². The third kappa shape index (κ3) is 4.80. The van der Waals surface area contributed by atoms with Crippen molar-refractivity contribution < 1.29 is 9.72 Å². The Balaban J connectivity index is 1.82. The molecule has 0 unspecified atom stereocenters. The molecule has 120 valence electrons. The van der Waals surface area contributed by atoms with Crippen molar-refractivity contribution in [1.29, 1.82) is 0 Å². The van der Waals surface area contributed by atoms with Gasteiger partial charge in [0.1, 0.15) is 10.8 Å². The molecule has 1 aromatic heterocycles. The predicted octanol–water partition coefficient (Wildman–Crippen LogP) is 3.14. The van der Waals surface area contributed by atoms with Gasteiger partial charge < -0.3 is 10.6 Å². The van der Waals surface area contributed by atoms with Crippen molar-refractivity contribution in [2.75, 3.05) is 18.4 Å². The van der Waals surface area contributed by atoms with Gasteiger partial charge in [-0.15, -0.1) is 0 Å². The molecule has 23 heavy (non-hydrogen) atoms. The van der Waals surface area contributed by atoms with Crippen LogP contribution in [0.5, 0.6) is 0 Å². The number of nitro groups is 1. The number of nitro benzene ring substituents is 1. The van der Waals surface area contributed by atoms with Crippen molar-refractivity contribution in [2.24, 2.45) is 0 Å². The van der Waals surface area contributed by atoms with Crippen LogP contribution in [0.1, 0.15) is 10.5 Å². The van der Waals surface area contributed by atoms with E-state index in [-0.39, 0.29) is 21.6 Å². The molecule has 0 aliphatic rings. The topological polar surface area (TPSA) is 97.2 Å². The maximum atomic E-state index is 11.9. The molecule has 1 aromatic carbocycles. The number of anilines is 1. The average Bonchev–Trinajstić information content (AvgIpc) is 2.54. The number of halogens is 2. The van der Waals surface area contributed by atoms with Gasteiger partial charge in [0.25, 0.3) is 11.6 Å². The lowest BCUT2D eigenvalue weighted by atomic mass is 10.3. The number of carbonyl (C=O) groups is 1. The maximum absolute atomic E-state index is 11.9. The number of pyridine rings is 1. The van der Waals surface area contributed by atoms with Crippen LogP contribution in [0.25, 0.3) is 0 Å². The first-order valence-corrected chi connectivity index (χ1v) is 7.31. The second kappa shape index (κ2) is 7.75. The van der Waals surface area contributed by atoms with E-state index in [4.69, 9.17) is 23.2 Å². The molecule has 2 N–H and O–H groups in total. The Kier molecular flexibility index (Phi) is 5.72. The summed E-state index contributed by atoms with van der Waals surface area (Å²) in [6.45, 7) is 0.752. The monoisotopic (exact) mass is 354 g/mol. The fraction of sp³-hybridized carbons (Fsp3) is 0.143. The molecule has 0 fully saturated rings. The van der Waals surface area contributed by atoms with E-state index in [2.05, 4.69) is 15.6 Å². The van der Waals surface area contributed by atoms with Gasteiger partial charge in [-0.1, -0.05) is 23.2 Å². The van der Waals surface area contributed by atoms with Gasteiger partial charge in [0.15, 0.2) is 0 Å². The highest BCUT2D eigenvalue weighted by molar-refractivity contribution is 6.34. The molecule has 0 spiro atoms. The van der Waals surface area contributed by atoms with Gasteiger partial charge in [0, 0.05) is 30.9 Å². The molecule has 1 heterocycles. The summed E-state index contributed by atoms with van der Waals surface area (Å²) in [6, 6.07) is 8.98. The minimum absolute atomic E-state index is 0.0190. The normalized spacial score (nSPS) is 10.2. The highest BCUT2D eigenvalue weighted by Gasteiger charge is 2.12. The van der Waals surface area contributed by atoms with Crippen LogP contribution in [-0.4, -0.2) is 28.9 Å². The highest BCUT2D eigenvalue weighted by Crippen LogP contribution is 2.17. The second-order valence-corrected chi connectivity index (χ2v) is 5.25. The summed E-state index contributed by atoms with van der Waals surface area (Å²) in [4.78, 5) is 25.9. The van der Waals surface area contributed by atoms with Crippen LogP contribution in [-0.2, 0) is 0 Å². The first kappa shape index (κ1) is 17.0. The number of nitrogens with one attached hydrogen (secondary N) is 2. The first-order valence-electron chi connectivity index (χ1n) is 6.56. The molecule has 0 aliphatic carbocycles. The van der Waals surface area contributed by atoms with Crippen LogP contribution in [0.15, 0.2) is 36.4 Å². The van der Waals surface area contributed by atoms with E-state index in [0.717, 1.165) is 0 Å². The molecule has 0 atom stereocenters. The summed E-state index contributed by atoms with van der Waals surface area (Å²) in [5, 5.41) is 16.6. The number of hydrogen-bond donors (Lipinski definition) is 2. The third-order valence-corrected chi connectivity index (χ3v) is 3.36. The fourth-order valence-corrected chi connectivity index (χ4v) is 2.08. The van der Waals surface area contributed by atoms with Crippen molar-refractivity contribution in [3.05, 3.63) is 62.4 Å². The molecule has 1 amide bonds. The van der Waals surface area contributed by atoms with Crippen molar-refractivity contribution in [1.82, 2.24) is 10.3 Å². The van der Waals surface area contributed by atoms with Crippen molar-refractivity contribution in [3.8, 4) is 0 Å². The molecule has 0 radical (unpaired) electrons. The van der Waals surface area contributed by atoms with E-state index >= 15 is 0 Å². The smallest absolute Gasteiger partial charge is 0.271 e. The molecule has 0 saturated heterocycles. The Labute approximate surface area is 141 Å². The van der Waals surface area contributed by atoms with Crippen LogP contribution >= 0.6 is 23.2 Å². The highest BCUT2D eigenvalue weighted by atomic mass is 35.5. The Morgan fingerprint density at radius 2 is 1.83 bits per heavy atom. The fourth-order valence-electron chi connectivity index (χ4n) is 1.75. The number of carbonyl (C=O) groups excluding carboxylic acids is 1. The van der Waals surface area contributed by atoms with Gasteiger partial charge in [0.05, 0.1) is 9.95 Å². The lowest BCUT2D eigenvalue weighted by molar-refractivity contribution is -0.384. The molecular weight excluding hydrogens is 343 g/mol. The van der Waals surface area contributed by atoms with E-state index in [0.29, 0.717) is 18.8 Å². The van der Waals surface area contributed by atoms with Crippen LogP contribution < -0.4 is 10.6 Å². The maximum Gasteiger partial charge on any atom is 0.271 e. The summed E-state index contributed by atoms with van der Waals surface area (Å²) in [5.74, 6) is -0.428. The minimum atomic E-state index is -0.467. The number of benzene rings is 1. The number of nitrogens with zero attached hydrogens (tertiary/aromatic N) is 2. The SMILES string of the molecule is O=C(NCCNc1ccc([N+](=O)[O-])cc1)c1nc(Cl)ccc1Cl. The summed E-state index contributed by atoms with van der Waals surface area (Å²) in [6.07, 6.45) is 0. The number of non-ortho nitro benzene ring substituents is 1. The van der Waals surface area contributed by atoms with Gasteiger partial charge in [-0.25, -0.2) is 4.98 Å². The lowest BCUT2D eigenvalue weighted by Crippen LogP contribution is -2.29. The van der Waals surface area contributed by atoms with Crippen LogP contribution in [0.3, 0.4) is 0 Å². The molecular formula is C14H12Cl2N4O3. The number of amides is 1. The average molecular weight is 355 g/mol. The second-order valence-electron chi connectivity index (χ2n) is 4.45. The van der Waals surface area contributed by atoms with Crippen molar-refractivity contribution >= 4 is 40.5 Å². The Morgan fingerprint density at radius 3 is 2.48 bits per heavy atom. The molecule has 0 bridgehead atoms. The molecule has 9 heteroatoms. The van der Waals surface area contributed by atoms with Crippen LogP contribution in [0, 0.1) is 10.1 Å². The van der Waals surface area contributed by atoms with Crippen molar-refractivity contribution in [2.45, 2.75) is 0 Å². The molecule has 0 aliphatic heterocycles. The van der Waals surface area contributed by atoms with E-state index in [9.17, 15) is 14.9 Å². The third-order valence-electron chi connectivity index (χ3n) is 2.84. The standard InChI is InChI=1S/C14H12Cl2N4O3/c15-11-5-6-12(16)19-13(11)14(21)18-8-7-17-9-1-3-10(4-2-9)20(22)23/h1-6,17H,7-8H2,(H,18,21). The molecule has 2 aromatic rings. The first-order chi connectivity index (χ1) is 11.0. The minimum Gasteiger partial charge on any atom is -0.383 e. The van der Waals surface area contributed by atoms with Gasteiger partial charge in [0.2, 0.25) is 0 Å². The zero-order valence-corrected chi connectivity index (χ0v) is 13.3. The number of rotatable bonds is 6. The van der Waals surface area contributed by atoms with Crippen LogP contribution in [0.2, 0.25) is 10.2 Å². The van der Waals surface area contributed by atoms with E-state index in [1.165, 1.54) is 24.3 Å². The molecule has 7 nitrogen and oxygen atoms in total. The quantitative estimate of drug-likeness (QED) is 0.359. The summed E-state index contributed by atoms with van der Waals surface area (Å²) >= 11 is 11.6. The Hall–Kier alpha value is -2.38. The largest absolute Gasteiger partial charge is 0.383 e. The number of aromatic nitrogens is 1.